The largest absolute Gasteiger partial charge is 0.462 e. The van der Waals surface area contributed by atoms with E-state index in [4.69, 9.17) is 14.5 Å². The summed E-state index contributed by atoms with van der Waals surface area (Å²) in [7, 11) is 0. The third kappa shape index (κ3) is 11.8. The lowest BCUT2D eigenvalue weighted by Crippen LogP contribution is -2.59. The molecule has 0 unspecified atom stereocenters. The maximum atomic E-state index is 12.3. The zero-order valence-electron chi connectivity index (χ0n) is 23.5. The summed E-state index contributed by atoms with van der Waals surface area (Å²) in [6.45, 7) is 18.3. The van der Waals surface area contributed by atoms with Gasteiger partial charge in [-0.1, -0.05) is 32.1 Å². The van der Waals surface area contributed by atoms with Gasteiger partial charge in [0, 0.05) is 41.4 Å². The minimum atomic E-state index is -0.0313. The molecule has 0 aromatic rings. The number of nitrogens with one attached hydrogen (secondary N) is 2. The van der Waals surface area contributed by atoms with E-state index in [9.17, 15) is 4.79 Å². The second-order valence-corrected chi connectivity index (χ2v) is 13.5. The first-order valence-electron chi connectivity index (χ1n) is 13.7. The maximum absolute atomic E-state index is 12.3. The van der Waals surface area contributed by atoms with Crippen LogP contribution in [0, 0.1) is 0 Å². The highest BCUT2D eigenvalue weighted by Gasteiger charge is 2.40. The lowest BCUT2D eigenvalue weighted by Gasteiger charge is -2.45. The van der Waals surface area contributed by atoms with Gasteiger partial charge in [-0.05, 0) is 81.1 Å². The number of piperidine rings is 2. The number of rotatable bonds is 13. The van der Waals surface area contributed by atoms with Crippen molar-refractivity contribution in [3.63, 3.8) is 0 Å². The molecule has 2 fully saturated rings. The molecule has 2 saturated heterocycles. The molecule has 0 saturated carbocycles. The molecule has 0 atom stereocenters. The number of carbonyl (C=O) groups is 1. The zero-order valence-corrected chi connectivity index (χ0v) is 23.5. The fourth-order valence-electron chi connectivity index (χ4n) is 6.31. The third-order valence-electron chi connectivity index (χ3n) is 6.92. The smallest absolute Gasteiger partial charge is 0.306 e. The van der Waals surface area contributed by atoms with Crippen LogP contribution in [-0.2, 0) is 19.3 Å². The highest BCUT2D eigenvalue weighted by Crippen LogP contribution is 2.31. The Morgan fingerprint density at radius 1 is 0.647 bits per heavy atom. The van der Waals surface area contributed by atoms with Crippen molar-refractivity contribution >= 4 is 5.97 Å². The lowest BCUT2D eigenvalue weighted by atomic mass is 9.81. The van der Waals surface area contributed by atoms with Gasteiger partial charge in [-0.2, -0.15) is 0 Å². The first-order valence-corrected chi connectivity index (χ1v) is 13.7. The third-order valence-corrected chi connectivity index (χ3v) is 6.92. The molecule has 2 rings (SSSR count). The Morgan fingerprint density at radius 3 is 1.56 bits per heavy atom. The highest BCUT2D eigenvalue weighted by molar-refractivity contribution is 5.69. The molecule has 6 heteroatoms. The molecule has 6 nitrogen and oxygen atoms in total. The van der Waals surface area contributed by atoms with Crippen LogP contribution in [0.1, 0.15) is 132 Å². The van der Waals surface area contributed by atoms with Gasteiger partial charge in [0.1, 0.15) is 6.10 Å². The summed E-state index contributed by atoms with van der Waals surface area (Å²) < 4.78 is 5.80. The van der Waals surface area contributed by atoms with E-state index in [0.29, 0.717) is 13.0 Å². The summed E-state index contributed by atoms with van der Waals surface area (Å²) >= 11 is 0. The van der Waals surface area contributed by atoms with Gasteiger partial charge >= 0.3 is 5.97 Å². The second-order valence-electron chi connectivity index (χ2n) is 13.5. The van der Waals surface area contributed by atoms with Crippen molar-refractivity contribution in [1.29, 1.82) is 0 Å². The Kier molecular flexibility index (Phi) is 10.9. The molecule has 2 N–H and O–H groups in total. The number of hydrogen-bond donors (Lipinski definition) is 2. The van der Waals surface area contributed by atoms with Gasteiger partial charge in [0.2, 0.25) is 0 Å². The van der Waals surface area contributed by atoms with Gasteiger partial charge in [0.25, 0.3) is 0 Å². The van der Waals surface area contributed by atoms with E-state index in [1.54, 1.807) is 0 Å². The Bertz CT molecular complexity index is 598. The van der Waals surface area contributed by atoms with Crippen LogP contribution in [0.5, 0.6) is 0 Å². The van der Waals surface area contributed by atoms with Crippen molar-refractivity contribution in [2.75, 3.05) is 6.61 Å². The Hall–Kier alpha value is -0.690. The van der Waals surface area contributed by atoms with Gasteiger partial charge < -0.3 is 15.4 Å². The topological polar surface area (TPSA) is 68.8 Å². The molecular formula is C28H54N2O4. The molecule has 34 heavy (non-hydrogen) atoms. The van der Waals surface area contributed by atoms with Crippen LogP contribution in [0.15, 0.2) is 0 Å². The molecule has 0 aliphatic carbocycles. The van der Waals surface area contributed by atoms with Crippen LogP contribution in [-0.4, -0.2) is 46.9 Å². The van der Waals surface area contributed by atoms with E-state index in [0.717, 1.165) is 51.4 Å². The molecule has 0 aromatic heterocycles. The van der Waals surface area contributed by atoms with Crippen molar-refractivity contribution in [3.8, 4) is 0 Å². The number of carbonyl (C=O) groups excluding carboxylic acids is 1. The predicted molar refractivity (Wildman–Crippen MR) is 139 cm³/mol. The molecule has 0 radical (unpaired) electrons. The summed E-state index contributed by atoms with van der Waals surface area (Å²) in [4.78, 5) is 23.5. The first kappa shape index (κ1) is 29.5. The fourth-order valence-corrected chi connectivity index (χ4v) is 6.31. The van der Waals surface area contributed by atoms with E-state index in [-0.39, 0.29) is 40.3 Å². The number of ether oxygens (including phenoxy) is 1. The van der Waals surface area contributed by atoms with E-state index in [1.165, 1.54) is 19.3 Å². The molecule has 0 amide bonds. The highest BCUT2D eigenvalue weighted by atomic mass is 17.2. The quantitative estimate of drug-likeness (QED) is 0.141. The van der Waals surface area contributed by atoms with Gasteiger partial charge in [-0.15, -0.1) is 0 Å². The average molecular weight is 483 g/mol. The summed E-state index contributed by atoms with van der Waals surface area (Å²) in [5.41, 5.74) is 0.164. The Morgan fingerprint density at radius 2 is 1.06 bits per heavy atom. The molecule has 200 valence electrons. The van der Waals surface area contributed by atoms with Gasteiger partial charge in [-0.3, -0.25) is 4.79 Å². The van der Waals surface area contributed by atoms with Crippen LogP contribution in [0.2, 0.25) is 0 Å². The summed E-state index contributed by atoms with van der Waals surface area (Å²) in [6, 6.07) is 0. The van der Waals surface area contributed by atoms with Crippen molar-refractivity contribution in [2.45, 2.75) is 167 Å². The number of unbranched alkanes of at least 4 members (excludes halogenated alkanes) is 6. The summed E-state index contributed by atoms with van der Waals surface area (Å²) in [6.07, 6.45) is 12.2. The van der Waals surface area contributed by atoms with Gasteiger partial charge in [0.15, 0.2) is 0 Å². The van der Waals surface area contributed by atoms with Crippen LogP contribution in [0.25, 0.3) is 0 Å². The minimum Gasteiger partial charge on any atom is -0.462 e. The van der Waals surface area contributed by atoms with E-state index in [2.05, 4.69) is 66.0 Å². The maximum Gasteiger partial charge on any atom is 0.306 e. The van der Waals surface area contributed by atoms with Crippen LogP contribution in [0.3, 0.4) is 0 Å². The van der Waals surface area contributed by atoms with E-state index >= 15 is 0 Å². The first-order chi connectivity index (χ1) is 15.7. The molecular weight excluding hydrogens is 428 g/mol. The SMILES string of the molecule is CC1(C)CC(OOCCCCCCCCCC(=O)OC2CC(C)(C)NC(C)(C)C2)CC(C)(C)N1. The molecule has 0 bridgehead atoms. The standard InChI is InChI=1S/C28H54N2O4/c1-25(2)18-22(19-26(3,4)29-25)33-24(31)16-14-12-10-9-11-13-15-17-32-34-23-20-27(5,6)30-28(7,8)21-23/h22-23,29-30H,9-21H2,1-8H3. The molecule has 2 aliphatic rings. The van der Waals surface area contributed by atoms with Crippen molar-refractivity contribution in [3.05, 3.63) is 0 Å². The number of esters is 1. The monoisotopic (exact) mass is 482 g/mol. The van der Waals surface area contributed by atoms with Crippen LogP contribution in [0.4, 0.5) is 0 Å². The van der Waals surface area contributed by atoms with Gasteiger partial charge in [-0.25, -0.2) is 9.78 Å². The van der Waals surface area contributed by atoms with Crippen molar-refractivity contribution in [2.24, 2.45) is 0 Å². The van der Waals surface area contributed by atoms with E-state index < -0.39 is 0 Å². The average Bonchev–Trinajstić information content (AvgIpc) is 2.60. The Labute approximate surface area is 209 Å². The minimum absolute atomic E-state index is 0.00501. The van der Waals surface area contributed by atoms with E-state index in [1.807, 2.05) is 0 Å². The van der Waals surface area contributed by atoms with Crippen molar-refractivity contribution in [1.82, 2.24) is 10.6 Å². The Balaban J connectivity index is 1.43. The predicted octanol–water partition coefficient (Wildman–Crippen LogP) is 6.22. The summed E-state index contributed by atoms with van der Waals surface area (Å²) in [5.74, 6) is -0.0313. The van der Waals surface area contributed by atoms with Gasteiger partial charge in [0.05, 0.1) is 12.7 Å². The lowest BCUT2D eigenvalue weighted by molar-refractivity contribution is -0.334. The molecule has 2 heterocycles. The van der Waals surface area contributed by atoms with Crippen molar-refractivity contribution < 1.29 is 19.3 Å². The zero-order chi connectivity index (χ0) is 25.5. The second kappa shape index (κ2) is 12.5. The fraction of sp³-hybridized carbons (Fsp3) is 0.964. The molecule has 2 aliphatic heterocycles. The summed E-state index contributed by atoms with van der Waals surface area (Å²) in [5, 5.41) is 7.30. The van der Waals surface area contributed by atoms with Crippen LogP contribution < -0.4 is 10.6 Å². The normalized spacial score (nSPS) is 24.1. The molecule has 0 aromatic carbocycles. The van der Waals surface area contributed by atoms with Crippen LogP contribution >= 0.6 is 0 Å². The molecule has 0 spiro atoms. The number of hydrogen-bond acceptors (Lipinski definition) is 6.